The van der Waals surface area contributed by atoms with Crippen LogP contribution in [0.15, 0.2) is 67.3 Å². The van der Waals surface area contributed by atoms with Gasteiger partial charge in [0.15, 0.2) is 0 Å². The van der Waals surface area contributed by atoms with Crippen molar-refractivity contribution in [1.29, 1.82) is 0 Å². The van der Waals surface area contributed by atoms with Gasteiger partial charge >= 0.3 is 0 Å². The van der Waals surface area contributed by atoms with Crippen molar-refractivity contribution in [1.82, 2.24) is 14.8 Å². The maximum absolute atomic E-state index is 12.1. The fourth-order valence-corrected chi connectivity index (χ4v) is 2.35. The summed E-state index contributed by atoms with van der Waals surface area (Å²) in [6.07, 6.45) is 6.38. The number of aromatic nitrogens is 3. The molecule has 0 bridgehead atoms. The van der Waals surface area contributed by atoms with Crippen LogP contribution in [0.4, 0.5) is 5.69 Å². The zero-order chi connectivity index (χ0) is 17.5. The number of hydrogen-bond donors (Lipinski definition) is 1. The summed E-state index contributed by atoms with van der Waals surface area (Å²) in [6.45, 7) is 0.641. The molecule has 0 spiro atoms. The molecule has 0 aliphatic heterocycles. The number of ether oxygens (including phenoxy) is 1. The van der Waals surface area contributed by atoms with Crippen molar-refractivity contribution in [2.75, 3.05) is 12.4 Å². The lowest BCUT2D eigenvalue weighted by Gasteiger charge is -2.05. The number of hydrogen-bond acceptors (Lipinski definition) is 4. The Balaban J connectivity index is 1.60. The molecule has 1 N–H and O–H groups in total. The molecule has 0 atom stereocenters. The summed E-state index contributed by atoms with van der Waals surface area (Å²) in [5.41, 5.74) is 2.66. The van der Waals surface area contributed by atoms with E-state index < -0.39 is 0 Å². The number of carbonyl (C=O) groups is 1. The Labute approximate surface area is 145 Å². The van der Waals surface area contributed by atoms with Gasteiger partial charge in [0.2, 0.25) is 5.91 Å². The Bertz CT molecular complexity index is 855. The predicted octanol–water partition coefficient (Wildman–Crippen LogP) is 2.99. The van der Waals surface area contributed by atoms with Crippen LogP contribution < -0.4 is 10.1 Å². The van der Waals surface area contributed by atoms with Crippen molar-refractivity contribution >= 4 is 17.7 Å². The summed E-state index contributed by atoms with van der Waals surface area (Å²) >= 11 is 0. The van der Waals surface area contributed by atoms with E-state index in [0.717, 1.165) is 22.6 Å². The monoisotopic (exact) mass is 334 g/mol. The summed E-state index contributed by atoms with van der Waals surface area (Å²) in [4.78, 5) is 16.0. The van der Waals surface area contributed by atoms with E-state index in [2.05, 4.69) is 15.4 Å². The van der Waals surface area contributed by atoms with E-state index in [1.165, 1.54) is 12.4 Å². The van der Waals surface area contributed by atoms with Crippen molar-refractivity contribution in [2.24, 2.45) is 0 Å². The molecule has 1 aromatic heterocycles. The second kappa shape index (κ2) is 7.92. The lowest BCUT2D eigenvalue weighted by molar-refractivity contribution is -0.111. The third-order valence-corrected chi connectivity index (χ3v) is 3.59. The highest BCUT2D eigenvalue weighted by atomic mass is 16.5. The van der Waals surface area contributed by atoms with E-state index in [-0.39, 0.29) is 5.91 Å². The van der Waals surface area contributed by atoms with Gasteiger partial charge in [0, 0.05) is 17.3 Å². The van der Waals surface area contributed by atoms with E-state index in [0.29, 0.717) is 6.54 Å². The van der Waals surface area contributed by atoms with E-state index in [4.69, 9.17) is 4.74 Å². The summed E-state index contributed by atoms with van der Waals surface area (Å²) in [5, 5.41) is 6.90. The number of benzene rings is 2. The first-order valence-corrected chi connectivity index (χ1v) is 7.78. The summed E-state index contributed by atoms with van der Waals surface area (Å²) in [7, 11) is 1.60. The van der Waals surface area contributed by atoms with Crippen molar-refractivity contribution in [3.8, 4) is 5.75 Å². The Morgan fingerprint density at radius 2 is 2.00 bits per heavy atom. The second-order valence-electron chi connectivity index (χ2n) is 5.35. The van der Waals surface area contributed by atoms with Crippen LogP contribution in [0.5, 0.6) is 5.75 Å². The molecule has 1 amide bonds. The number of nitrogens with one attached hydrogen (secondary N) is 1. The molecular weight excluding hydrogens is 316 g/mol. The standard InChI is InChI=1S/C19H18N4O2/c1-25-18-5-3-2-4-16(18)8-11-19(24)22-17-9-6-15(7-10-17)12-23-14-20-13-21-23/h2-11,13-14H,12H2,1H3,(H,22,24)/b11-8+. The third-order valence-electron chi connectivity index (χ3n) is 3.59. The first-order chi connectivity index (χ1) is 12.2. The largest absolute Gasteiger partial charge is 0.496 e. The number of para-hydroxylation sites is 1. The molecule has 25 heavy (non-hydrogen) atoms. The molecule has 6 heteroatoms. The van der Waals surface area contributed by atoms with Gasteiger partial charge in [0.25, 0.3) is 0 Å². The summed E-state index contributed by atoms with van der Waals surface area (Å²) in [5.74, 6) is 0.527. The van der Waals surface area contributed by atoms with Gasteiger partial charge in [-0.15, -0.1) is 0 Å². The van der Waals surface area contributed by atoms with Crippen LogP contribution in [0, 0.1) is 0 Å². The summed E-state index contributed by atoms with van der Waals surface area (Å²) in [6, 6.07) is 15.1. The fourth-order valence-electron chi connectivity index (χ4n) is 2.35. The Kier molecular flexibility index (Phi) is 5.21. The molecule has 3 aromatic rings. The molecular formula is C19H18N4O2. The van der Waals surface area contributed by atoms with Crippen molar-refractivity contribution in [3.05, 3.63) is 78.4 Å². The number of methoxy groups -OCH3 is 1. The number of nitrogens with zero attached hydrogens (tertiary/aromatic N) is 3. The first kappa shape index (κ1) is 16.4. The van der Waals surface area contributed by atoms with Gasteiger partial charge in [-0.2, -0.15) is 5.10 Å². The average Bonchev–Trinajstić information content (AvgIpc) is 3.15. The topological polar surface area (TPSA) is 69.0 Å². The zero-order valence-corrected chi connectivity index (χ0v) is 13.8. The maximum atomic E-state index is 12.1. The number of anilines is 1. The van der Waals surface area contributed by atoms with E-state index >= 15 is 0 Å². The molecule has 0 aliphatic rings. The minimum Gasteiger partial charge on any atom is -0.496 e. The van der Waals surface area contributed by atoms with Gasteiger partial charge < -0.3 is 10.1 Å². The van der Waals surface area contributed by atoms with Crippen LogP contribution >= 0.6 is 0 Å². The van der Waals surface area contributed by atoms with Crippen molar-refractivity contribution < 1.29 is 9.53 Å². The summed E-state index contributed by atoms with van der Waals surface area (Å²) < 4.78 is 7.00. The second-order valence-corrected chi connectivity index (χ2v) is 5.35. The Morgan fingerprint density at radius 3 is 2.72 bits per heavy atom. The molecule has 0 aliphatic carbocycles. The molecule has 3 rings (SSSR count). The molecule has 126 valence electrons. The predicted molar refractivity (Wildman–Crippen MR) is 96.2 cm³/mol. The molecule has 0 saturated carbocycles. The van der Waals surface area contributed by atoms with Gasteiger partial charge in [0.1, 0.15) is 18.4 Å². The molecule has 0 radical (unpaired) electrons. The molecule has 0 saturated heterocycles. The van der Waals surface area contributed by atoms with Crippen LogP contribution in [0.3, 0.4) is 0 Å². The first-order valence-electron chi connectivity index (χ1n) is 7.78. The van der Waals surface area contributed by atoms with Crippen LogP contribution in [0.1, 0.15) is 11.1 Å². The highest BCUT2D eigenvalue weighted by Crippen LogP contribution is 2.18. The van der Waals surface area contributed by atoms with Crippen LogP contribution in [0.2, 0.25) is 0 Å². The fraction of sp³-hybridized carbons (Fsp3) is 0.105. The van der Waals surface area contributed by atoms with E-state index in [9.17, 15) is 4.79 Å². The highest BCUT2D eigenvalue weighted by molar-refractivity contribution is 6.02. The Hall–Kier alpha value is -3.41. The smallest absolute Gasteiger partial charge is 0.248 e. The van der Waals surface area contributed by atoms with Crippen LogP contribution in [-0.2, 0) is 11.3 Å². The number of rotatable bonds is 6. The molecule has 1 heterocycles. The van der Waals surface area contributed by atoms with Gasteiger partial charge in [-0.25, -0.2) is 9.67 Å². The van der Waals surface area contributed by atoms with Crippen LogP contribution in [0.25, 0.3) is 6.08 Å². The van der Waals surface area contributed by atoms with Gasteiger partial charge in [-0.1, -0.05) is 30.3 Å². The third kappa shape index (κ3) is 4.54. The highest BCUT2D eigenvalue weighted by Gasteiger charge is 2.01. The Morgan fingerprint density at radius 1 is 1.20 bits per heavy atom. The minimum absolute atomic E-state index is 0.199. The lowest BCUT2D eigenvalue weighted by atomic mass is 10.2. The number of carbonyl (C=O) groups excluding carboxylic acids is 1. The van der Waals surface area contributed by atoms with E-state index in [1.54, 1.807) is 24.2 Å². The van der Waals surface area contributed by atoms with Gasteiger partial charge in [-0.3, -0.25) is 4.79 Å². The number of amides is 1. The van der Waals surface area contributed by atoms with Crippen molar-refractivity contribution in [2.45, 2.75) is 6.54 Å². The van der Waals surface area contributed by atoms with E-state index in [1.807, 2.05) is 48.5 Å². The van der Waals surface area contributed by atoms with Gasteiger partial charge in [0.05, 0.1) is 13.7 Å². The normalized spacial score (nSPS) is 10.8. The minimum atomic E-state index is -0.199. The maximum Gasteiger partial charge on any atom is 0.248 e. The van der Waals surface area contributed by atoms with Gasteiger partial charge in [-0.05, 0) is 29.8 Å². The molecule has 2 aromatic carbocycles. The van der Waals surface area contributed by atoms with Crippen LogP contribution in [-0.4, -0.2) is 27.8 Å². The lowest BCUT2D eigenvalue weighted by Crippen LogP contribution is -2.08. The molecule has 0 unspecified atom stereocenters. The van der Waals surface area contributed by atoms with Crippen molar-refractivity contribution in [3.63, 3.8) is 0 Å². The zero-order valence-electron chi connectivity index (χ0n) is 13.8. The molecule has 0 fully saturated rings. The SMILES string of the molecule is COc1ccccc1/C=C/C(=O)Nc1ccc(Cn2cncn2)cc1. The quantitative estimate of drug-likeness (QED) is 0.704. The average molecular weight is 334 g/mol. The molecule has 6 nitrogen and oxygen atoms in total.